The van der Waals surface area contributed by atoms with Gasteiger partial charge >= 0.3 is 5.97 Å². The summed E-state index contributed by atoms with van der Waals surface area (Å²) in [6.07, 6.45) is 1.98. The zero-order valence-corrected chi connectivity index (χ0v) is 9.79. The van der Waals surface area contributed by atoms with Gasteiger partial charge in [0.1, 0.15) is 0 Å². The highest BCUT2D eigenvalue weighted by atomic mass is 19.2. The van der Waals surface area contributed by atoms with Crippen molar-refractivity contribution in [1.82, 2.24) is 0 Å². The molecule has 0 bridgehead atoms. The number of halogens is 2. The van der Waals surface area contributed by atoms with Gasteiger partial charge in [0.05, 0.1) is 0 Å². The van der Waals surface area contributed by atoms with E-state index >= 15 is 0 Å². The summed E-state index contributed by atoms with van der Waals surface area (Å²) in [6.45, 7) is 0. The van der Waals surface area contributed by atoms with Gasteiger partial charge in [0.2, 0.25) is 0 Å². The third-order valence-corrected chi connectivity index (χ3v) is 2.54. The lowest BCUT2D eigenvalue weighted by Gasteiger charge is -2.01. The minimum atomic E-state index is -1.04. The summed E-state index contributed by atoms with van der Waals surface area (Å²) in [5.41, 5.74) is 0.145. The van der Waals surface area contributed by atoms with Gasteiger partial charge in [-0.15, -0.1) is 0 Å². The summed E-state index contributed by atoms with van der Waals surface area (Å²) in [6, 6.07) is 3.06. The zero-order valence-electron chi connectivity index (χ0n) is 9.79. The Balaban J connectivity index is 2.36. The fraction of sp³-hybridized carbons (Fsp3) is 0.385. The monoisotopic (exact) mass is 256 g/mol. The average Bonchev–Trinajstić information content (AvgIpc) is 2.31. The molecule has 0 spiro atoms. The van der Waals surface area contributed by atoms with Crippen molar-refractivity contribution in [1.29, 1.82) is 0 Å². The topological polar surface area (TPSA) is 54.4 Å². The van der Waals surface area contributed by atoms with Crippen LogP contribution in [0.15, 0.2) is 18.2 Å². The molecule has 1 N–H and O–H groups in total. The van der Waals surface area contributed by atoms with Crippen LogP contribution in [0.5, 0.6) is 0 Å². The second kappa shape index (κ2) is 6.83. The van der Waals surface area contributed by atoms with Crippen LogP contribution in [0.4, 0.5) is 8.78 Å². The summed E-state index contributed by atoms with van der Waals surface area (Å²) in [4.78, 5) is 21.8. The molecule has 5 heteroatoms. The molecular weight excluding hydrogens is 242 g/mol. The van der Waals surface area contributed by atoms with Crippen molar-refractivity contribution >= 4 is 11.8 Å². The Kier molecular flexibility index (Phi) is 5.42. The molecule has 3 nitrogen and oxygen atoms in total. The first-order valence-corrected chi connectivity index (χ1v) is 5.70. The van der Waals surface area contributed by atoms with E-state index in [0.717, 1.165) is 12.1 Å². The van der Waals surface area contributed by atoms with Gasteiger partial charge in [0.15, 0.2) is 17.4 Å². The van der Waals surface area contributed by atoms with E-state index in [2.05, 4.69) is 0 Å². The third kappa shape index (κ3) is 4.61. The van der Waals surface area contributed by atoms with E-state index in [9.17, 15) is 18.4 Å². The number of aliphatic carboxylic acids is 1. The fourth-order valence-corrected chi connectivity index (χ4v) is 1.55. The summed E-state index contributed by atoms with van der Waals surface area (Å²) in [5, 5.41) is 8.41. The van der Waals surface area contributed by atoms with Gasteiger partial charge in [-0.1, -0.05) is 6.42 Å². The number of hydrogen-bond donors (Lipinski definition) is 1. The quantitative estimate of drug-likeness (QED) is 0.602. The first kappa shape index (κ1) is 14.3. The largest absolute Gasteiger partial charge is 0.481 e. The molecule has 0 radical (unpaired) electrons. The number of unbranched alkanes of at least 4 members (excludes halogenated alkanes) is 2. The van der Waals surface area contributed by atoms with E-state index in [4.69, 9.17) is 5.11 Å². The number of rotatable bonds is 7. The predicted molar refractivity (Wildman–Crippen MR) is 61.4 cm³/mol. The van der Waals surface area contributed by atoms with Crippen LogP contribution in [0.3, 0.4) is 0 Å². The number of benzene rings is 1. The maximum absolute atomic E-state index is 12.9. The Hall–Kier alpha value is -1.78. The van der Waals surface area contributed by atoms with E-state index in [1.807, 2.05) is 0 Å². The summed E-state index contributed by atoms with van der Waals surface area (Å²) < 4.78 is 25.5. The van der Waals surface area contributed by atoms with E-state index in [-0.39, 0.29) is 24.2 Å². The van der Waals surface area contributed by atoms with Crippen LogP contribution in [0.25, 0.3) is 0 Å². The first-order valence-electron chi connectivity index (χ1n) is 5.70. The molecule has 0 heterocycles. The van der Waals surface area contributed by atoms with Crippen LogP contribution in [0, 0.1) is 11.6 Å². The van der Waals surface area contributed by atoms with Gasteiger partial charge in [0, 0.05) is 18.4 Å². The standard InChI is InChI=1S/C13H14F2O3/c14-10-7-6-9(8-11(10)15)12(16)4-2-1-3-5-13(17)18/h6-8H,1-5H2,(H,17,18). The van der Waals surface area contributed by atoms with Gasteiger partial charge in [0.25, 0.3) is 0 Å². The SMILES string of the molecule is O=C(O)CCCCCC(=O)c1ccc(F)c(F)c1. The predicted octanol–water partition coefficient (Wildman–Crippen LogP) is 3.18. The molecule has 0 fully saturated rings. The molecule has 98 valence electrons. The molecule has 0 aromatic heterocycles. The first-order chi connectivity index (χ1) is 8.50. The van der Waals surface area contributed by atoms with Crippen molar-refractivity contribution in [3.05, 3.63) is 35.4 Å². The lowest BCUT2D eigenvalue weighted by molar-refractivity contribution is -0.137. The van der Waals surface area contributed by atoms with Crippen LogP contribution < -0.4 is 0 Å². The molecule has 1 aromatic rings. The van der Waals surface area contributed by atoms with Crippen LogP contribution in [0.2, 0.25) is 0 Å². The summed E-state index contributed by atoms with van der Waals surface area (Å²) in [7, 11) is 0. The van der Waals surface area contributed by atoms with Crippen LogP contribution in [-0.2, 0) is 4.79 Å². The number of carboxylic acid groups (broad SMARTS) is 1. The fourth-order valence-electron chi connectivity index (χ4n) is 1.55. The normalized spacial score (nSPS) is 10.3. The van der Waals surface area contributed by atoms with E-state index in [1.165, 1.54) is 6.07 Å². The molecule has 0 aliphatic rings. The maximum atomic E-state index is 12.9. The molecular formula is C13H14F2O3. The summed E-state index contributed by atoms with van der Waals surface area (Å²) >= 11 is 0. The molecule has 0 saturated heterocycles. The van der Waals surface area contributed by atoms with Crippen LogP contribution >= 0.6 is 0 Å². The lowest BCUT2D eigenvalue weighted by Crippen LogP contribution is -2.01. The van der Waals surface area contributed by atoms with Gasteiger partial charge in [-0.25, -0.2) is 8.78 Å². The molecule has 0 aliphatic heterocycles. The number of carbonyl (C=O) groups excluding carboxylic acids is 1. The van der Waals surface area contributed by atoms with Gasteiger partial charge in [-0.3, -0.25) is 9.59 Å². The number of carbonyl (C=O) groups is 2. The molecule has 18 heavy (non-hydrogen) atoms. The zero-order chi connectivity index (χ0) is 13.5. The average molecular weight is 256 g/mol. The lowest BCUT2D eigenvalue weighted by atomic mass is 10.0. The molecule has 0 aliphatic carbocycles. The number of ketones is 1. The number of Topliss-reactive ketones (excluding diaryl/α,β-unsaturated/α-hetero) is 1. The second-order valence-corrected chi connectivity index (χ2v) is 4.01. The van der Waals surface area contributed by atoms with Crippen molar-refractivity contribution in [3.63, 3.8) is 0 Å². The minimum Gasteiger partial charge on any atom is -0.481 e. The number of hydrogen-bond acceptors (Lipinski definition) is 2. The molecule has 0 atom stereocenters. The summed E-state index contributed by atoms with van der Waals surface area (Å²) in [5.74, 6) is -3.13. The Bertz CT molecular complexity index is 444. The molecule has 0 amide bonds. The second-order valence-electron chi connectivity index (χ2n) is 4.01. The Morgan fingerprint density at radius 3 is 2.28 bits per heavy atom. The van der Waals surface area contributed by atoms with E-state index in [1.54, 1.807) is 0 Å². The highest BCUT2D eigenvalue weighted by Crippen LogP contribution is 2.13. The molecule has 0 saturated carbocycles. The van der Waals surface area contributed by atoms with Crippen molar-refractivity contribution in [2.24, 2.45) is 0 Å². The Morgan fingerprint density at radius 2 is 1.67 bits per heavy atom. The molecule has 1 aromatic carbocycles. The van der Waals surface area contributed by atoms with Crippen molar-refractivity contribution in [3.8, 4) is 0 Å². The highest BCUT2D eigenvalue weighted by Gasteiger charge is 2.09. The minimum absolute atomic E-state index is 0.0827. The van der Waals surface area contributed by atoms with E-state index in [0.29, 0.717) is 19.3 Å². The van der Waals surface area contributed by atoms with Crippen molar-refractivity contribution in [2.75, 3.05) is 0 Å². The molecule has 0 unspecified atom stereocenters. The van der Waals surface area contributed by atoms with E-state index < -0.39 is 17.6 Å². The smallest absolute Gasteiger partial charge is 0.303 e. The maximum Gasteiger partial charge on any atom is 0.303 e. The Morgan fingerprint density at radius 1 is 1.00 bits per heavy atom. The van der Waals surface area contributed by atoms with Gasteiger partial charge < -0.3 is 5.11 Å². The molecule has 1 rings (SSSR count). The highest BCUT2D eigenvalue weighted by molar-refractivity contribution is 5.95. The van der Waals surface area contributed by atoms with Gasteiger partial charge in [-0.2, -0.15) is 0 Å². The van der Waals surface area contributed by atoms with Crippen LogP contribution in [-0.4, -0.2) is 16.9 Å². The van der Waals surface area contributed by atoms with Crippen molar-refractivity contribution < 1.29 is 23.5 Å². The Labute approximate surface area is 103 Å². The third-order valence-electron chi connectivity index (χ3n) is 2.54. The number of carboxylic acids is 1. The van der Waals surface area contributed by atoms with Gasteiger partial charge in [-0.05, 0) is 31.0 Å². The van der Waals surface area contributed by atoms with Crippen LogP contribution in [0.1, 0.15) is 42.5 Å². The van der Waals surface area contributed by atoms with Crippen molar-refractivity contribution in [2.45, 2.75) is 32.1 Å².